The molecular weight excluding hydrogens is 264 g/mol. The second kappa shape index (κ2) is 4.47. The van der Waals surface area contributed by atoms with Gasteiger partial charge in [-0.1, -0.05) is 0 Å². The van der Waals surface area contributed by atoms with Crippen LogP contribution in [0.2, 0.25) is 5.28 Å². The second-order valence-electron chi connectivity index (χ2n) is 4.28. The van der Waals surface area contributed by atoms with Crippen LogP contribution in [-0.2, 0) is 0 Å². The van der Waals surface area contributed by atoms with Crippen LogP contribution in [0.15, 0.2) is 30.9 Å². The summed E-state index contributed by atoms with van der Waals surface area (Å²) in [4.78, 5) is 17.5. The fourth-order valence-corrected chi connectivity index (χ4v) is 2.00. The van der Waals surface area contributed by atoms with Gasteiger partial charge < -0.3 is 9.88 Å². The van der Waals surface area contributed by atoms with Crippen molar-refractivity contribution in [2.45, 2.75) is 0 Å². The number of nitrogens with one attached hydrogen (secondary N) is 1. The Hall–Kier alpha value is -2.21. The van der Waals surface area contributed by atoms with E-state index in [9.17, 15) is 0 Å². The fourth-order valence-electron chi connectivity index (χ4n) is 1.84. The number of halogens is 1. The van der Waals surface area contributed by atoms with E-state index < -0.39 is 0 Å². The van der Waals surface area contributed by atoms with Crippen molar-refractivity contribution in [1.29, 1.82) is 0 Å². The lowest BCUT2D eigenvalue weighted by molar-refractivity contribution is -0.598. The highest BCUT2D eigenvalue weighted by molar-refractivity contribution is 6.28. The van der Waals surface area contributed by atoms with Crippen molar-refractivity contribution in [3.05, 3.63) is 36.1 Å². The number of imidazole rings is 1. The van der Waals surface area contributed by atoms with E-state index in [4.69, 9.17) is 11.6 Å². The minimum absolute atomic E-state index is 0.179. The first-order chi connectivity index (χ1) is 9.15. The smallest absolute Gasteiger partial charge is 0.359 e. The summed E-state index contributed by atoms with van der Waals surface area (Å²) in [7, 11) is 3.99. The summed E-state index contributed by atoms with van der Waals surface area (Å²) in [6, 6.07) is 4.00. The lowest BCUT2D eigenvalue weighted by atomic mass is 10.3. The maximum atomic E-state index is 5.91. The van der Waals surface area contributed by atoms with Gasteiger partial charge in [0, 0.05) is 31.9 Å². The average Bonchev–Trinajstić information content (AvgIpc) is 2.85. The van der Waals surface area contributed by atoms with Crippen LogP contribution in [-0.4, -0.2) is 34.0 Å². The third-order valence-electron chi connectivity index (χ3n) is 2.81. The minimum atomic E-state index is 0.179. The van der Waals surface area contributed by atoms with Crippen molar-refractivity contribution >= 4 is 28.5 Å². The van der Waals surface area contributed by atoms with Crippen LogP contribution < -0.4 is 9.47 Å². The summed E-state index contributed by atoms with van der Waals surface area (Å²) in [5.74, 6) is 0.679. The Morgan fingerprint density at radius 2 is 1.95 bits per heavy atom. The lowest BCUT2D eigenvalue weighted by Gasteiger charge is -2.11. The quantitative estimate of drug-likeness (QED) is 0.566. The van der Waals surface area contributed by atoms with Crippen LogP contribution in [0.1, 0.15) is 0 Å². The van der Waals surface area contributed by atoms with E-state index in [2.05, 4.69) is 19.9 Å². The summed E-state index contributed by atoms with van der Waals surface area (Å²) < 4.78 is 1.88. The molecule has 3 aromatic heterocycles. The molecule has 7 heteroatoms. The van der Waals surface area contributed by atoms with Crippen LogP contribution >= 0.6 is 11.6 Å². The summed E-state index contributed by atoms with van der Waals surface area (Å²) in [5, 5.41) is 0.179. The van der Waals surface area contributed by atoms with Crippen molar-refractivity contribution in [2.24, 2.45) is 0 Å². The Kier molecular flexibility index (Phi) is 2.79. The van der Waals surface area contributed by atoms with Crippen LogP contribution in [0.5, 0.6) is 0 Å². The number of aromatic nitrogens is 5. The van der Waals surface area contributed by atoms with Gasteiger partial charge in [0.2, 0.25) is 0 Å². The summed E-state index contributed by atoms with van der Waals surface area (Å²) in [6.45, 7) is 0. The number of pyridine rings is 1. The highest BCUT2D eigenvalue weighted by atomic mass is 35.5. The Morgan fingerprint density at radius 3 is 2.63 bits per heavy atom. The van der Waals surface area contributed by atoms with Gasteiger partial charge in [-0.2, -0.15) is 4.98 Å². The van der Waals surface area contributed by atoms with Crippen LogP contribution in [0, 0.1) is 0 Å². The van der Waals surface area contributed by atoms with Gasteiger partial charge in [0.25, 0.3) is 0 Å². The number of nitrogens with zero attached hydrogens (tertiary/aromatic N) is 5. The fraction of sp³-hybridized carbons (Fsp3) is 0.167. The van der Waals surface area contributed by atoms with Gasteiger partial charge in [0.05, 0.1) is 18.7 Å². The van der Waals surface area contributed by atoms with E-state index in [1.165, 1.54) is 0 Å². The molecule has 3 rings (SSSR count). The molecule has 0 saturated carbocycles. The van der Waals surface area contributed by atoms with Gasteiger partial charge >= 0.3 is 11.1 Å². The van der Waals surface area contributed by atoms with Crippen molar-refractivity contribution in [1.82, 2.24) is 19.9 Å². The molecule has 96 valence electrons. The van der Waals surface area contributed by atoms with Gasteiger partial charge in [0.1, 0.15) is 0 Å². The summed E-state index contributed by atoms with van der Waals surface area (Å²) >= 11 is 5.91. The number of anilines is 1. The van der Waals surface area contributed by atoms with Crippen molar-refractivity contribution in [3.63, 3.8) is 0 Å². The minimum Gasteiger partial charge on any atom is -0.377 e. The van der Waals surface area contributed by atoms with Gasteiger partial charge in [-0.05, 0) is 16.6 Å². The maximum absolute atomic E-state index is 5.91. The van der Waals surface area contributed by atoms with Crippen LogP contribution in [0.25, 0.3) is 17.0 Å². The molecule has 0 amide bonds. The Balaban J connectivity index is 2.15. The zero-order valence-electron chi connectivity index (χ0n) is 10.5. The van der Waals surface area contributed by atoms with Gasteiger partial charge in [-0.25, -0.2) is 9.55 Å². The zero-order chi connectivity index (χ0) is 13.4. The van der Waals surface area contributed by atoms with Gasteiger partial charge in [-0.15, -0.1) is 0 Å². The van der Waals surface area contributed by atoms with Crippen molar-refractivity contribution in [3.8, 4) is 5.82 Å². The Labute approximate surface area is 114 Å². The number of fused-ring (bicyclic) bond motifs is 1. The normalized spacial score (nSPS) is 10.9. The molecule has 0 saturated heterocycles. The molecule has 0 radical (unpaired) electrons. The predicted octanol–water partition coefficient (Wildman–Crippen LogP) is 1.35. The molecule has 1 N–H and O–H groups in total. The number of hydrogen-bond donors (Lipinski definition) is 1. The molecule has 0 fully saturated rings. The molecule has 3 heterocycles. The number of rotatable bonds is 2. The lowest BCUT2D eigenvalue weighted by Crippen LogP contribution is -2.31. The standard InChI is InChI=1S/C12H12ClN6/c1-18(2)8-3-5-19(6-4-8)11-9-10(15-7-14-9)16-12(13)17-11/h3-7H,1-2H3,(H,14,15,16,17)/q+1. The highest BCUT2D eigenvalue weighted by Crippen LogP contribution is 2.14. The van der Waals surface area contributed by atoms with Gasteiger partial charge in [0.15, 0.2) is 11.2 Å². The van der Waals surface area contributed by atoms with E-state index in [0.717, 1.165) is 11.2 Å². The molecule has 0 aliphatic rings. The Bertz CT molecular complexity index is 719. The van der Waals surface area contributed by atoms with Crippen molar-refractivity contribution < 1.29 is 4.57 Å². The molecule has 0 unspecified atom stereocenters. The molecule has 6 nitrogen and oxygen atoms in total. The molecule has 0 aliphatic heterocycles. The van der Waals surface area contributed by atoms with E-state index in [1.54, 1.807) is 6.33 Å². The second-order valence-corrected chi connectivity index (χ2v) is 4.61. The third-order valence-corrected chi connectivity index (χ3v) is 2.98. The third kappa shape index (κ3) is 2.10. The van der Waals surface area contributed by atoms with E-state index in [-0.39, 0.29) is 5.28 Å². The monoisotopic (exact) mass is 275 g/mol. The average molecular weight is 276 g/mol. The number of aromatic amines is 1. The largest absolute Gasteiger partial charge is 0.377 e. The number of hydrogen-bond acceptors (Lipinski definition) is 4. The van der Waals surface area contributed by atoms with Crippen LogP contribution in [0.3, 0.4) is 0 Å². The topological polar surface area (TPSA) is 61.6 Å². The SMILES string of the molecule is CN(C)c1cc[n+](-c2nc(Cl)nc3nc[nH]c23)cc1. The molecular formula is C12H12ClN6+. The first-order valence-corrected chi connectivity index (χ1v) is 6.08. The van der Waals surface area contributed by atoms with Crippen molar-refractivity contribution in [2.75, 3.05) is 19.0 Å². The first-order valence-electron chi connectivity index (χ1n) is 5.71. The molecule has 0 aliphatic carbocycles. The van der Waals surface area contributed by atoms with E-state index >= 15 is 0 Å². The molecule has 0 spiro atoms. The predicted molar refractivity (Wildman–Crippen MR) is 72.6 cm³/mol. The molecule has 0 atom stereocenters. The highest BCUT2D eigenvalue weighted by Gasteiger charge is 2.19. The summed E-state index contributed by atoms with van der Waals surface area (Å²) in [5.41, 5.74) is 2.42. The molecule has 3 aromatic rings. The maximum Gasteiger partial charge on any atom is 0.359 e. The zero-order valence-corrected chi connectivity index (χ0v) is 11.3. The van der Waals surface area contributed by atoms with Crippen LogP contribution in [0.4, 0.5) is 5.69 Å². The van der Waals surface area contributed by atoms with E-state index in [0.29, 0.717) is 11.5 Å². The van der Waals surface area contributed by atoms with E-state index in [1.807, 2.05) is 48.1 Å². The molecule has 0 bridgehead atoms. The summed E-state index contributed by atoms with van der Waals surface area (Å²) in [6.07, 6.45) is 5.43. The van der Waals surface area contributed by atoms with Gasteiger partial charge in [-0.3, -0.25) is 0 Å². The molecule has 0 aromatic carbocycles. The first kappa shape index (κ1) is 11.9. The molecule has 19 heavy (non-hydrogen) atoms. The number of H-pyrrole nitrogens is 1. The Morgan fingerprint density at radius 1 is 1.21 bits per heavy atom.